The molecule has 0 aromatic heterocycles. The molecule has 0 spiro atoms. The molecule has 0 aliphatic heterocycles. The molecule has 0 unspecified atom stereocenters. The Bertz CT molecular complexity index is 460. The van der Waals surface area contributed by atoms with E-state index in [1.54, 1.807) is 0 Å². The Labute approximate surface area is 112 Å². The van der Waals surface area contributed by atoms with E-state index < -0.39 is 6.09 Å². The molecule has 0 heterocycles. The Morgan fingerprint density at radius 2 is 2.11 bits per heavy atom. The number of hydrogen-bond donors (Lipinski definition) is 3. The van der Waals surface area contributed by atoms with Gasteiger partial charge in [-0.25, -0.2) is 4.79 Å². The molecule has 1 aromatic rings. The summed E-state index contributed by atoms with van der Waals surface area (Å²) in [5.74, 6) is -0.215. The van der Waals surface area contributed by atoms with Gasteiger partial charge in [0.05, 0.1) is 12.1 Å². The summed E-state index contributed by atoms with van der Waals surface area (Å²) in [6.45, 7) is 4.89. The number of aryl methyl sites for hydroxylation is 1. The molecule has 1 rings (SSSR count). The van der Waals surface area contributed by atoms with Crippen LogP contribution in [-0.2, 0) is 4.74 Å². The van der Waals surface area contributed by atoms with E-state index in [0.717, 1.165) is 17.8 Å². The van der Waals surface area contributed by atoms with Gasteiger partial charge in [0.15, 0.2) is 0 Å². The largest absolute Gasteiger partial charge is 0.448 e. The predicted octanol–water partition coefficient (Wildman–Crippen LogP) is 1.25. The Hall–Kier alpha value is -2.24. The molecule has 6 nitrogen and oxygen atoms in total. The number of nitrogens with one attached hydrogen (secondary N) is 2. The molecule has 0 atom stereocenters. The van der Waals surface area contributed by atoms with Crippen LogP contribution in [0.4, 0.5) is 10.5 Å². The van der Waals surface area contributed by atoms with Crippen LogP contribution in [-0.4, -0.2) is 31.7 Å². The van der Waals surface area contributed by atoms with Gasteiger partial charge in [0.2, 0.25) is 0 Å². The summed E-state index contributed by atoms with van der Waals surface area (Å²) in [5, 5.41) is 5.80. The topological polar surface area (TPSA) is 93.4 Å². The summed E-state index contributed by atoms with van der Waals surface area (Å²) in [6.07, 6.45) is -0.849. The molecule has 19 heavy (non-hydrogen) atoms. The fourth-order valence-electron chi connectivity index (χ4n) is 1.60. The van der Waals surface area contributed by atoms with E-state index in [-0.39, 0.29) is 19.1 Å². The molecule has 2 amide bonds. The van der Waals surface area contributed by atoms with Crippen molar-refractivity contribution in [2.24, 2.45) is 5.73 Å². The molecule has 104 valence electrons. The maximum absolute atomic E-state index is 12.0. The number of carbonyl (C=O) groups is 2. The van der Waals surface area contributed by atoms with Crippen molar-refractivity contribution in [1.29, 1.82) is 0 Å². The van der Waals surface area contributed by atoms with Crippen molar-refractivity contribution in [2.45, 2.75) is 13.8 Å². The lowest BCUT2D eigenvalue weighted by Crippen LogP contribution is -2.29. The maximum atomic E-state index is 12.0. The van der Waals surface area contributed by atoms with Gasteiger partial charge in [0.25, 0.3) is 5.91 Å². The summed E-state index contributed by atoms with van der Waals surface area (Å²) in [5.41, 5.74) is 7.17. The van der Waals surface area contributed by atoms with Crippen LogP contribution in [0.1, 0.15) is 22.8 Å². The van der Waals surface area contributed by atoms with Crippen LogP contribution in [0.15, 0.2) is 18.2 Å². The monoisotopic (exact) mass is 265 g/mol. The van der Waals surface area contributed by atoms with E-state index in [2.05, 4.69) is 15.4 Å². The van der Waals surface area contributed by atoms with Crippen molar-refractivity contribution in [3.05, 3.63) is 29.3 Å². The highest BCUT2D eigenvalue weighted by Gasteiger charge is 2.10. The lowest BCUT2D eigenvalue weighted by molar-refractivity contribution is 0.0937. The number of ether oxygens (including phenoxy) is 1. The molecule has 0 aliphatic carbocycles. The van der Waals surface area contributed by atoms with E-state index in [4.69, 9.17) is 5.73 Å². The zero-order valence-corrected chi connectivity index (χ0v) is 11.2. The highest BCUT2D eigenvalue weighted by molar-refractivity contribution is 5.99. The van der Waals surface area contributed by atoms with Gasteiger partial charge in [0, 0.05) is 12.2 Å². The molecular weight excluding hydrogens is 246 g/mol. The zero-order valence-electron chi connectivity index (χ0n) is 11.2. The number of amides is 2. The minimum absolute atomic E-state index is 0.0590. The lowest BCUT2D eigenvalue weighted by Gasteiger charge is -2.12. The van der Waals surface area contributed by atoms with E-state index in [0.29, 0.717) is 5.56 Å². The number of rotatable bonds is 6. The lowest BCUT2D eigenvalue weighted by atomic mass is 10.1. The van der Waals surface area contributed by atoms with Gasteiger partial charge >= 0.3 is 6.09 Å². The molecule has 0 aliphatic rings. The maximum Gasteiger partial charge on any atom is 0.404 e. The third-order valence-corrected chi connectivity index (χ3v) is 2.42. The molecule has 6 heteroatoms. The number of nitrogens with two attached hydrogens (primary N) is 1. The number of hydrogen-bond acceptors (Lipinski definition) is 4. The Kier molecular flexibility index (Phi) is 5.66. The first kappa shape index (κ1) is 14.8. The van der Waals surface area contributed by atoms with Crippen molar-refractivity contribution >= 4 is 17.7 Å². The molecule has 0 saturated heterocycles. The predicted molar refractivity (Wildman–Crippen MR) is 73.2 cm³/mol. The first-order chi connectivity index (χ1) is 9.04. The van der Waals surface area contributed by atoms with Gasteiger partial charge in [-0.3, -0.25) is 4.79 Å². The van der Waals surface area contributed by atoms with E-state index in [1.165, 1.54) is 0 Å². The highest BCUT2D eigenvalue weighted by atomic mass is 16.5. The van der Waals surface area contributed by atoms with Crippen LogP contribution in [0.3, 0.4) is 0 Å². The van der Waals surface area contributed by atoms with Crippen molar-refractivity contribution in [3.8, 4) is 0 Å². The zero-order chi connectivity index (χ0) is 14.3. The van der Waals surface area contributed by atoms with Crippen LogP contribution in [0.5, 0.6) is 0 Å². The smallest absolute Gasteiger partial charge is 0.404 e. The number of primary amides is 1. The SMILES string of the molecule is CCNc1ccc(C)cc1C(=O)NCCOC(N)=O. The van der Waals surface area contributed by atoms with E-state index in [1.807, 2.05) is 32.0 Å². The second kappa shape index (κ2) is 7.25. The minimum Gasteiger partial charge on any atom is -0.448 e. The fourth-order valence-corrected chi connectivity index (χ4v) is 1.60. The summed E-state index contributed by atoms with van der Waals surface area (Å²) in [7, 11) is 0. The van der Waals surface area contributed by atoms with Gasteiger partial charge < -0.3 is 21.1 Å². The quantitative estimate of drug-likeness (QED) is 0.675. The third kappa shape index (κ3) is 4.87. The normalized spacial score (nSPS) is 9.79. The van der Waals surface area contributed by atoms with Crippen molar-refractivity contribution in [2.75, 3.05) is 25.0 Å². The molecule has 0 radical (unpaired) electrons. The number of benzene rings is 1. The van der Waals surface area contributed by atoms with E-state index in [9.17, 15) is 9.59 Å². The van der Waals surface area contributed by atoms with Crippen molar-refractivity contribution in [1.82, 2.24) is 5.32 Å². The summed E-state index contributed by atoms with van der Waals surface area (Å²) in [6, 6.07) is 5.61. The van der Waals surface area contributed by atoms with Crippen LogP contribution in [0.2, 0.25) is 0 Å². The number of anilines is 1. The van der Waals surface area contributed by atoms with Crippen LogP contribution in [0.25, 0.3) is 0 Å². The van der Waals surface area contributed by atoms with Gasteiger partial charge in [-0.05, 0) is 26.0 Å². The van der Waals surface area contributed by atoms with Gasteiger partial charge in [-0.1, -0.05) is 11.6 Å². The second-order valence-corrected chi connectivity index (χ2v) is 4.00. The third-order valence-electron chi connectivity index (χ3n) is 2.42. The molecule has 0 saturated carbocycles. The minimum atomic E-state index is -0.849. The molecule has 1 aromatic carbocycles. The molecule has 0 fully saturated rings. The fraction of sp³-hybridized carbons (Fsp3) is 0.385. The van der Waals surface area contributed by atoms with Gasteiger partial charge in [0.1, 0.15) is 6.61 Å². The van der Waals surface area contributed by atoms with Crippen LogP contribution in [0, 0.1) is 6.92 Å². The molecule has 0 bridgehead atoms. The summed E-state index contributed by atoms with van der Waals surface area (Å²) >= 11 is 0. The average molecular weight is 265 g/mol. The van der Waals surface area contributed by atoms with Crippen LogP contribution < -0.4 is 16.4 Å². The van der Waals surface area contributed by atoms with Crippen molar-refractivity contribution in [3.63, 3.8) is 0 Å². The first-order valence-electron chi connectivity index (χ1n) is 6.09. The van der Waals surface area contributed by atoms with Crippen molar-refractivity contribution < 1.29 is 14.3 Å². The standard InChI is InChI=1S/C13H19N3O3/c1-3-15-11-5-4-9(2)8-10(11)12(17)16-6-7-19-13(14)18/h4-5,8,15H,3,6-7H2,1-2H3,(H2,14,18)(H,16,17). The van der Waals surface area contributed by atoms with E-state index >= 15 is 0 Å². The Morgan fingerprint density at radius 1 is 1.37 bits per heavy atom. The summed E-state index contributed by atoms with van der Waals surface area (Å²) < 4.78 is 4.54. The number of carbonyl (C=O) groups excluding carboxylic acids is 2. The Morgan fingerprint density at radius 3 is 2.74 bits per heavy atom. The second-order valence-electron chi connectivity index (χ2n) is 4.00. The summed E-state index contributed by atoms with van der Waals surface area (Å²) in [4.78, 5) is 22.4. The molecular formula is C13H19N3O3. The average Bonchev–Trinajstić information content (AvgIpc) is 2.36. The first-order valence-corrected chi connectivity index (χ1v) is 6.09. The van der Waals surface area contributed by atoms with Gasteiger partial charge in [-0.2, -0.15) is 0 Å². The van der Waals surface area contributed by atoms with Gasteiger partial charge in [-0.15, -0.1) is 0 Å². The molecule has 4 N–H and O–H groups in total. The van der Waals surface area contributed by atoms with Crippen LogP contribution >= 0.6 is 0 Å². The Balaban J connectivity index is 2.64. The highest BCUT2D eigenvalue weighted by Crippen LogP contribution is 2.17.